The maximum atomic E-state index is 13.9. The summed E-state index contributed by atoms with van der Waals surface area (Å²) < 4.78 is 25.6. The maximum absolute atomic E-state index is 13.9. The number of likely N-dealkylation sites (N-methyl/N-ethyl adjacent to an activating group) is 1. The number of rotatable bonds is 8. The predicted octanol–water partition coefficient (Wildman–Crippen LogP) is 4.40. The van der Waals surface area contributed by atoms with E-state index in [1.165, 1.54) is 18.2 Å². The summed E-state index contributed by atoms with van der Waals surface area (Å²) in [7, 11) is 3.55. The van der Waals surface area contributed by atoms with Gasteiger partial charge in [0.15, 0.2) is 0 Å². The van der Waals surface area contributed by atoms with Crippen molar-refractivity contribution in [2.75, 3.05) is 37.9 Å². The van der Waals surface area contributed by atoms with Crippen molar-refractivity contribution in [1.29, 1.82) is 0 Å². The average Bonchev–Trinajstić information content (AvgIpc) is 2.88. The molecule has 1 saturated heterocycles. The largest absolute Gasteiger partial charge is 0.494 e. The van der Waals surface area contributed by atoms with Crippen LogP contribution in [0.15, 0.2) is 67.6 Å². The number of fused-ring (bicyclic) bond motifs is 1. The number of likely N-dealkylation sites (tertiary alicyclic amines) is 1. The number of benzene rings is 2. The minimum Gasteiger partial charge on any atom is -0.494 e. The average molecular weight is 501 g/mol. The molecule has 0 atom stereocenters. The van der Waals surface area contributed by atoms with Crippen LogP contribution in [0, 0.1) is 5.82 Å². The molecule has 2 aromatic heterocycles. The SMILES string of the molecule is C=CC(=O)Nc1cc(Nc2ncc3cncc(-c4cccc(F)c4)c3n2)c(OC)cc1OC1CN(C)C1. The Bertz CT molecular complexity index is 1490. The van der Waals surface area contributed by atoms with Crippen LogP contribution in [0.25, 0.3) is 22.0 Å². The summed E-state index contributed by atoms with van der Waals surface area (Å²) in [6, 6.07) is 9.66. The molecule has 1 aliphatic rings. The lowest BCUT2D eigenvalue weighted by atomic mass is 10.1. The zero-order valence-corrected chi connectivity index (χ0v) is 20.4. The molecule has 0 aliphatic carbocycles. The predicted molar refractivity (Wildman–Crippen MR) is 140 cm³/mol. The fourth-order valence-corrected chi connectivity index (χ4v) is 4.11. The Hall–Kier alpha value is -4.57. The fraction of sp³-hybridized carbons (Fsp3) is 0.185. The van der Waals surface area contributed by atoms with Crippen molar-refractivity contribution < 1.29 is 18.7 Å². The van der Waals surface area contributed by atoms with E-state index < -0.39 is 0 Å². The molecule has 9 nitrogen and oxygen atoms in total. The third-order valence-electron chi connectivity index (χ3n) is 5.94. The van der Waals surface area contributed by atoms with Crippen LogP contribution in [0.3, 0.4) is 0 Å². The Morgan fingerprint density at radius 2 is 2.00 bits per heavy atom. The molecule has 2 aromatic carbocycles. The first kappa shape index (κ1) is 24.1. The number of amides is 1. The molecule has 1 aliphatic heterocycles. The first-order valence-corrected chi connectivity index (χ1v) is 11.6. The second-order valence-electron chi connectivity index (χ2n) is 8.66. The lowest BCUT2D eigenvalue weighted by molar-refractivity contribution is -0.111. The summed E-state index contributed by atoms with van der Waals surface area (Å²) in [5.41, 5.74) is 2.89. The van der Waals surface area contributed by atoms with E-state index in [9.17, 15) is 9.18 Å². The van der Waals surface area contributed by atoms with Gasteiger partial charge in [0.2, 0.25) is 11.9 Å². The molecule has 10 heteroatoms. The van der Waals surface area contributed by atoms with Gasteiger partial charge >= 0.3 is 0 Å². The van der Waals surface area contributed by atoms with Crippen LogP contribution >= 0.6 is 0 Å². The minimum atomic E-state index is -0.374. The number of hydrogen-bond donors (Lipinski definition) is 2. The van der Waals surface area contributed by atoms with E-state index in [4.69, 9.17) is 9.47 Å². The lowest BCUT2D eigenvalue weighted by Crippen LogP contribution is -2.51. The molecule has 0 radical (unpaired) electrons. The van der Waals surface area contributed by atoms with Crippen LogP contribution in [0.2, 0.25) is 0 Å². The van der Waals surface area contributed by atoms with E-state index in [2.05, 4.69) is 37.1 Å². The molecule has 3 heterocycles. The van der Waals surface area contributed by atoms with Crippen molar-refractivity contribution in [1.82, 2.24) is 19.9 Å². The monoisotopic (exact) mass is 500 g/mol. The first-order chi connectivity index (χ1) is 17.9. The van der Waals surface area contributed by atoms with Crippen LogP contribution in [0.4, 0.5) is 21.7 Å². The summed E-state index contributed by atoms with van der Waals surface area (Å²) >= 11 is 0. The van der Waals surface area contributed by atoms with Gasteiger partial charge in [-0.05, 0) is 36.9 Å². The number of carbonyl (C=O) groups excluding carboxylic acids is 1. The van der Waals surface area contributed by atoms with E-state index in [1.54, 1.807) is 50.0 Å². The molecular weight excluding hydrogens is 475 g/mol. The van der Waals surface area contributed by atoms with Crippen LogP contribution in [0.5, 0.6) is 11.5 Å². The van der Waals surface area contributed by atoms with Crippen molar-refractivity contribution in [2.45, 2.75) is 6.10 Å². The van der Waals surface area contributed by atoms with Gasteiger partial charge in [-0.15, -0.1) is 0 Å². The summed E-state index contributed by atoms with van der Waals surface area (Å²) in [5, 5.41) is 6.66. The van der Waals surface area contributed by atoms with E-state index in [1.807, 2.05) is 7.05 Å². The summed E-state index contributed by atoms with van der Waals surface area (Å²) in [6.07, 6.45) is 6.12. The van der Waals surface area contributed by atoms with Gasteiger partial charge in [-0.3, -0.25) is 14.7 Å². The van der Waals surface area contributed by atoms with Gasteiger partial charge in [0.1, 0.15) is 23.4 Å². The van der Waals surface area contributed by atoms with Crippen molar-refractivity contribution in [3.05, 3.63) is 73.5 Å². The summed E-state index contributed by atoms with van der Waals surface area (Å²) in [6.45, 7) is 5.09. The van der Waals surface area contributed by atoms with Gasteiger partial charge in [0, 0.05) is 48.7 Å². The van der Waals surface area contributed by atoms with Crippen molar-refractivity contribution in [2.24, 2.45) is 0 Å². The molecule has 37 heavy (non-hydrogen) atoms. The van der Waals surface area contributed by atoms with Crippen LogP contribution in [-0.4, -0.2) is 59.1 Å². The van der Waals surface area contributed by atoms with E-state index >= 15 is 0 Å². The molecule has 2 N–H and O–H groups in total. The highest BCUT2D eigenvalue weighted by atomic mass is 19.1. The number of nitrogens with zero attached hydrogens (tertiary/aromatic N) is 4. The second kappa shape index (κ2) is 10.2. The lowest BCUT2D eigenvalue weighted by Gasteiger charge is -2.36. The fourth-order valence-electron chi connectivity index (χ4n) is 4.11. The van der Waals surface area contributed by atoms with Gasteiger partial charge in [-0.1, -0.05) is 18.7 Å². The molecule has 188 valence electrons. The highest BCUT2D eigenvalue weighted by Crippen LogP contribution is 2.39. The normalized spacial score (nSPS) is 13.6. The first-order valence-electron chi connectivity index (χ1n) is 11.6. The van der Waals surface area contributed by atoms with Crippen molar-refractivity contribution in [3.8, 4) is 22.6 Å². The Labute approximate surface area is 213 Å². The molecule has 1 amide bonds. The van der Waals surface area contributed by atoms with E-state index in [-0.39, 0.29) is 23.8 Å². The number of nitrogens with one attached hydrogen (secondary N) is 2. The van der Waals surface area contributed by atoms with Crippen LogP contribution in [-0.2, 0) is 4.79 Å². The third kappa shape index (κ3) is 5.19. The number of aromatic nitrogens is 3. The number of pyridine rings is 1. The molecular formula is C27H25FN6O3. The molecule has 0 unspecified atom stereocenters. The van der Waals surface area contributed by atoms with Crippen LogP contribution in [0.1, 0.15) is 0 Å². The number of anilines is 3. The zero-order valence-electron chi connectivity index (χ0n) is 20.4. The Kier molecular flexibility index (Phi) is 6.65. The van der Waals surface area contributed by atoms with Gasteiger partial charge in [0.25, 0.3) is 0 Å². The quantitative estimate of drug-likeness (QED) is 0.343. The standard InChI is InChI=1S/C27H25FN6O3/c1-4-25(35)31-22-9-21(23(36-3)10-24(22)37-19-14-34(2)15-19)32-27-30-12-17-11-29-13-20(26(17)33-27)16-6-5-7-18(28)8-16/h4-13,19H,1,14-15H2,2-3H3,(H,31,35)(H,30,32,33). The second-order valence-corrected chi connectivity index (χ2v) is 8.66. The minimum absolute atomic E-state index is 0.00609. The van der Waals surface area contributed by atoms with Gasteiger partial charge in [-0.25, -0.2) is 14.4 Å². The molecule has 5 rings (SSSR count). The van der Waals surface area contributed by atoms with Gasteiger partial charge in [-0.2, -0.15) is 0 Å². The molecule has 0 saturated carbocycles. The number of carbonyl (C=O) groups is 1. The van der Waals surface area contributed by atoms with Gasteiger partial charge < -0.3 is 20.1 Å². The van der Waals surface area contributed by atoms with Crippen LogP contribution < -0.4 is 20.1 Å². The Morgan fingerprint density at radius 3 is 2.73 bits per heavy atom. The molecule has 1 fully saturated rings. The Balaban J connectivity index is 1.52. The molecule has 4 aromatic rings. The van der Waals surface area contributed by atoms with Gasteiger partial charge in [0.05, 0.1) is 24.0 Å². The topological polar surface area (TPSA) is 102 Å². The van der Waals surface area contributed by atoms with E-state index in [0.29, 0.717) is 44.9 Å². The highest BCUT2D eigenvalue weighted by molar-refractivity contribution is 6.00. The number of halogens is 1. The summed E-state index contributed by atoms with van der Waals surface area (Å²) in [4.78, 5) is 27.6. The zero-order chi connectivity index (χ0) is 25.9. The molecule has 0 bridgehead atoms. The number of ether oxygens (including phenoxy) is 2. The Morgan fingerprint density at radius 1 is 1.16 bits per heavy atom. The van der Waals surface area contributed by atoms with Crippen molar-refractivity contribution >= 4 is 34.1 Å². The van der Waals surface area contributed by atoms with Crippen molar-refractivity contribution in [3.63, 3.8) is 0 Å². The third-order valence-corrected chi connectivity index (χ3v) is 5.94. The maximum Gasteiger partial charge on any atom is 0.247 e. The number of hydrogen-bond acceptors (Lipinski definition) is 8. The highest BCUT2D eigenvalue weighted by Gasteiger charge is 2.27. The molecule has 0 spiro atoms. The number of methoxy groups -OCH3 is 1. The van der Waals surface area contributed by atoms with E-state index in [0.717, 1.165) is 13.1 Å². The summed E-state index contributed by atoms with van der Waals surface area (Å²) in [5.74, 6) is 0.514. The smallest absolute Gasteiger partial charge is 0.247 e.